The molecule has 2 heterocycles. The van der Waals surface area contributed by atoms with Gasteiger partial charge in [-0.1, -0.05) is 18.2 Å². The molecule has 6 nitrogen and oxygen atoms in total. The Morgan fingerprint density at radius 1 is 1.04 bits per heavy atom. The summed E-state index contributed by atoms with van der Waals surface area (Å²) in [5, 5.41) is 3.41. The van der Waals surface area contributed by atoms with Gasteiger partial charge in [-0.2, -0.15) is 0 Å². The zero-order valence-electron chi connectivity index (χ0n) is 15.1. The molecule has 27 heavy (non-hydrogen) atoms. The summed E-state index contributed by atoms with van der Waals surface area (Å²) in [6.07, 6.45) is 5.11. The lowest BCUT2D eigenvalue weighted by atomic mass is 10.1. The number of nitrogens with zero attached hydrogens (tertiary/aromatic N) is 3. The first-order chi connectivity index (χ1) is 13.2. The van der Waals surface area contributed by atoms with E-state index in [4.69, 9.17) is 0 Å². The lowest BCUT2D eigenvalue weighted by Gasteiger charge is -2.29. The highest BCUT2D eigenvalue weighted by Crippen LogP contribution is 2.23. The molecule has 2 aromatic carbocycles. The Balaban J connectivity index is 1.48. The summed E-state index contributed by atoms with van der Waals surface area (Å²) in [5.74, 6) is -0.245. The van der Waals surface area contributed by atoms with Gasteiger partial charge in [-0.05, 0) is 49.6 Å². The Bertz CT molecular complexity index is 1020. The number of rotatable bonds is 4. The molecule has 0 radical (unpaired) electrons. The van der Waals surface area contributed by atoms with Crippen LogP contribution in [0.4, 0.5) is 11.4 Å². The topological polar surface area (TPSA) is 67.2 Å². The Morgan fingerprint density at radius 2 is 1.85 bits per heavy atom. The number of aromatic nitrogens is 2. The van der Waals surface area contributed by atoms with Crippen molar-refractivity contribution >= 4 is 28.2 Å². The van der Waals surface area contributed by atoms with Crippen molar-refractivity contribution in [1.82, 2.24) is 9.55 Å². The predicted molar refractivity (Wildman–Crippen MR) is 107 cm³/mol. The van der Waals surface area contributed by atoms with Gasteiger partial charge in [0.1, 0.15) is 6.54 Å². The van der Waals surface area contributed by atoms with Gasteiger partial charge in [0, 0.05) is 24.5 Å². The zero-order valence-corrected chi connectivity index (χ0v) is 15.1. The summed E-state index contributed by atoms with van der Waals surface area (Å²) >= 11 is 0. The Hall–Kier alpha value is -3.15. The lowest BCUT2D eigenvalue weighted by molar-refractivity contribution is -0.116. The Morgan fingerprint density at radius 3 is 2.70 bits per heavy atom. The second-order valence-electron chi connectivity index (χ2n) is 6.84. The molecule has 0 saturated carbocycles. The predicted octanol–water partition coefficient (Wildman–Crippen LogP) is 3.03. The van der Waals surface area contributed by atoms with Crippen LogP contribution in [0.25, 0.3) is 10.9 Å². The fourth-order valence-corrected chi connectivity index (χ4v) is 3.51. The van der Waals surface area contributed by atoms with Crippen molar-refractivity contribution in [3.63, 3.8) is 0 Å². The summed E-state index contributed by atoms with van der Waals surface area (Å²) in [6, 6.07) is 15.0. The number of hydrogen-bond acceptors (Lipinski definition) is 4. The Labute approximate surface area is 157 Å². The van der Waals surface area contributed by atoms with Gasteiger partial charge in [-0.25, -0.2) is 4.98 Å². The Kier molecular flexibility index (Phi) is 4.87. The molecule has 1 N–H and O–H groups in total. The number of benzene rings is 2. The van der Waals surface area contributed by atoms with Crippen LogP contribution in [0, 0.1) is 0 Å². The van der Waals surface area contributed by atoms with E-state index in [2.05, 4.69) is 21.3 Å². The molecule has 6 heteroatoms. The SMILES string of the molecule is O=C(Cn1cnc2ccccc2c1=O)Nc1cccc(N2CCCCC2)c1. The first-order valence-corrected chi connectivity index (χ1v) is 9.30. The van der Waals surface area contributed by atoms with Gasteiger partial charge >= 0.3 is 0 Å². The van der Waals surface area contributed by atoms with Gasteiger partial charge < -0.3 is 10.2 Å². The van der Waals surface area contributed by atoms with Crippen molar-refractivity contribution in [2.24, 2.45) is 0 Å². The third kappa shape index (κ3) is 3.84. The monoisotopic (exact) mass is 362 g/mol. The number of carbonyl (C=O) groups excluding carboxylic acids is 1. The second kappa shape index (κ2) is 7.61. The molecule has 1 saturated heterocycles. The van der Waals surface area contributed by atoms with E-state index in [9.17, 15) is 9.59 Å². The molecule has 1 aliphatic rings. The third-order valence-corrected chi connectivity index (χ3v) is 4.90. The van der Waals surface area contributed by atoms with Gasteiger partial charge in [0.05, 0.1) is 17.2 Å². The number of amides is 1. The molecule has 138 valence electrons. The first-order valence-electron chi connectivity index (χ1n) is 9.30. The van der Waals surface area contributed by atoms with Crippen molar-refractivity contribution in [2.75, 3.05) is 23.3 Å². The fourth-order valence-electron chi connectivity index (χ4n) is 3.51. The molecule has 0 bridgehead atoms. The molecule has 1 aromatic heterocycles. The molecule has 1 aliphatic heterocycles. The van der Waals surface area contributed by atoms with Crippen LogP contribution in [0.2, 0.25) is 0 Å². The van der Waals surface area contributed by atoms with Crippen LogP contribution in [-0.4, -0.2) is 28.5 Å². The van der Waals surface area contributed by atoms with Gasteiger partial charge in [-0.15, -0.1) is 0 Å². The van der Waals surface area contributed by atoms with Crippen LogP contribution in [0.15, 0.2) is 59.7 Å². The average Bonchev–Trinajstić information content (AvgIpc) is 2.71. The highest BCUT2D eigenvalue weighted by atomic mass is 16.2. The molecule has 4 rings (SSSR count). The first kappa shape index (κ1) is 17.3. The van der Waals surface area contributed by atoms with Crippen molar-refractivity contribution in [3.8, 4) is 0 Å². The van der Waals surface area contributed by atoms with Gasteiger partial charge in [0.25, 0.3) is 5.56 Å². The van der Waals surface area contributed by atoms with E-state index in [1.165, 1.54) is 30.2 Å². The van der Waals surface area contributed by atoms with Crippen LogP contribution in [0.5, 0.6) is 0 Å². The maximum Gasteiger partial charge on any atom is 0.261 e. The van der Waals surface area contributed by atoms with Crippen molar-refractivity contribution < 1.29 is 4.79 Å². The molecule has 0 aliphatic carbocycles. The smallest absolute Gasteiger partial charge is 0.261 e. The molecular formula is C21H22N4O2. The molecule has 0 unspecified atom stereocenters. The van der Waals surface area contributed by atoms with Crippen LogP contribution in [0.3, 0.4) is 0 Å². The van der Waals surface area contributed by atoms with E-state index in [0.29, 0.717) is 10.9 Å². The minimum absolute atomic E-state index is 0.0649. The second-order valence-corrected chi connectivity index (χ2v) is 6.84. The van der Waals surface area contributed by atoms with E-state index in [0.717, 1.165) is 24.5 Å². The maximum absolute atomic E-state index is 12.5. The molecule has 0 atom stereocenters. The number of anilines is 2. The van der Waals surface area contributed by atoms with Crippen LogP contribution < -0.4 is 15.8 Å². The lowest BCUT2D eigenvalue weighted by Crippen LogP contribution is -2.29. The number of para-hydroxylation sites is 1. The average molecular weight is 362 g/mol. The van der Waals surface area contributed by atoms with Gasteiger partial charge in [-0.3, -0.25) is 14.2 Å². The zero-order chi connectivity index (χ0) is 18.6. The maximum atomic E-state index is 12.5. The minimum Gasteiger partial charge on any atom is -0.371 e. The highest BCUT2D eigenvalue weighted by molar-refractivity contribution is 5.91. The summed E-state index contributed by atoms with van der Waals surface area (Å²) in [6.45, 7) is 2.04. The quantitative estimate of drug-likeness (QED) is 0.775. The van der Waals surface area contributed by atoms with Gasteiger partial charge in [0.2, 0.25) is 5.91 Å². The molecule has 1 fully saturated rings. The molecule has 0 spiro atoms. The number of carbonyl (C=O) groups is 1. The standard InChI is InChI=1S/C21H22N4O2/c26-20(14-25-15-22-19-10-3-2-9-18(19)21(25)27)23-16-7-6-8-17(13-16)24-11-4-1-5-12-24/h2-3,6-10,13,15H,1,4-5,11-12,14H2,(H,23,26). The number of piperidine rings is 1. The van der Waals surface area contributed by atoms with E-state index < -0.39 is 0 Å². The summed E-state index contributed by atoms with van der Waals surface area (Å²) in [4.78, 5) is 31.6. The number of nitrogens with one attached hydrogen (secondary N) is 1. The van der Waals surface area contributed by atoms with E-state index >= 15 is 0 Å². The van der Waals surface area contributed by atoms with E-state index in [1.807, 2.05) is 24.3 Å². The largest absolute Gasteiger partial charge is 0.371 e. The highest BCUT2D eigenvalue weighted by Gasteiger charge is 2.12. The number of hydrogen-bond donors (Lipinski definition) is 1. The van der Waals surface area contributed by atoms with E-state index in [-0.39, 0.29) is 18.0 Å². The van der Waals surface area contributed by atoms with Gasteiger partial charge in [0.15, 0.2) is 0 Å². The molecule has 3 aromatic rings. The third-order valence-electron chi connectivity index (χ3n) is 4.90. The van der Waals surface area contributed by atoms with Crippen molar-refractivity contribution in [3.05, 3.63) is 65.2 Å². The van der Waals surface area contributed by atoms with Crippen molar-refractivity contribution in [1.29, 1.82) is 0 Å². The van der Waals surface area contributed by atoms with Crippen LogP contribution >= 0.6 is 0 Å². The van der Waals surface area contributed by atoms with E-state index in [1.54, 1.807) is 18.2 Å². The molecule has 1 amide bonds. The van der Waals surface area contributed by atoms with Crippen LogP contribution in [0.1, 0.15) is 19.3 Å². The minimum atomic E-state index is -0.245. The summed E-state index contributed by atoms with van der Waals surface area (Å²) in [7, 11) is 0. The fraction of sp³-hybridized carbons (Fsp3) is 0.286. The molecular weight excluding hydrogens is 340 g/mol. The summed E-state index contributed by atoms with van der Waals surface area (Å²) in [5.41, 5.74) is 2.29. The normalized spacial score (nSPS) is 14.3. The van der Waals surface area contributed by atoms with Crippen molar-refractivity contribution in [2.45, 2.75) is 25.8 Å². The van der Waals surface area contributed by atoms with Crippen LogP contribution in [-0.2, 0) is 11.3 Å². The number of fused-ring (bicyclic) bond motifs is 1. The summed E-state index contributed by atoms with van der Waals surface area (Å²) < 4.78 is 1.34.